The standard InChI is InChI=1S/C13H22ClNSi/c1-16(2,3)10-12(9-15)8-11-4-6-13(14)7-5-11/h4-7,12H,8-10,15H2,1-3H3. The van der Waals surface area contributed by atoms with Gasteiger partial charge in [-0.25, -0.2) is 0 Å². The largest absolute Gasteiger partial charge is 0.330 e. The lowest BCUT2D eigenvalue weighted by Gasteiger charge is -2.23. The van der Waals surface area contributed by atoms with Gasteiger partial charge in [0.05, 0.1) is 0 Å². The van der Waals surface area contributed by atoms with Crippen molar-refractivity contribution in [1.29, 1.82) is 0 Å². The number of halogens is 1. The average molecular weight is 256 g/mol. The third-order valence-electron chi connectivity index (χ3n) is 2.67. The van der Waals surface area contributed by atoms with Gasteiger partial charge < -0.3 is 5.73 Å². The minimum absolute atomic E-state index is 0.618. The van der Waals surface area contributed by atoms with E-state index in [1.54, 1.807) is 0 Å². The van der Waals surface area contributed by atoms with Gasteiger partial charge in [0.1, 0.15) is 0 Å². The summed E-state index contributed by atoms with van der Waals surface area (Å²) in [6, 6.07) is 9.43. The van der Waals surface area contributed by atoms with Crippen molar-refractivity contribution in [2.45, 2.75) is 32.1 Å². The van der Waals surface area contributed by atoms with Crippen molar-refractivity contribution in [3.8, 4) is 0 Å². The van der Waals surface area contributed by atoms with Crippen molar-refractivity contribution in [3.05, 3.63) is 34.9 Å². The van der Waals surface area contributed by atoms with Gasteiger partial charge in [-0.05, 0) is 36.6 Å². The van der Waals surface area contributed by atoms with Crippen LogP contribution in [0.25, 0.3) is 0 Å². The SMILES string of the molecule is C[Si](C)(C)CC(CN)Cc1ccc(Cl)cc1. The number of rotatable bonds is 5. The Hall–Kier alpha value is -0.313. The van der Waals surface area contributed by atoms with Gasteiger partial charge in [0.25, 0.3) is 0 Å². The van der Waals surface area contributed by atoms with E-state index < -0.39 is 8.07 Å². The predicted octanol–water partition coefficient (Wildman–Crippen LogP) is 3.80. The van der Waals surface area contributed by atoms with Crippen LogP contribution in [-0.4, -0.2) is 14.6 Å². The molecule has 1 rings (SSSR count). The summed E-state index contributed by atoms with van der Waals surface area (Å²) in [6.07, 6.45) is 1.08. The molecule has 0 aliphatic heterocycles. The van der Waals surface area contributed by atoms with Crippen LogP contribution in [0.5, 0.6) is 0 Å². The van der Waals surface area contributed by atoms with E-state index in [-0.39, 0.29) is 0 Å². The van der Waals surface area contributed by atoms with Crippen LogP contribution in [0.3, 0.4) is 0 Å². The van der Waals surface area contributed by atoms with E-state index in [1.807, 2.05) is 12.1 Å². The molecule has 0 saturated carbocycles. The fraction of sp³-hybridized carbons (Fsp3) is 0.538. The first kappa shape index (κ1) is 13.8. The Labute approximate surface area is 105 Å². The Balaban J connectivity index is 2.60. The van der Waals surface area contributed by atoms with Gasteiger partial charge >= 0.3 is 0 Å². The Morgan fingerprint density at radius 2 is 1.75 bits per heavy atom. The lowest BCUT2D eigenvalue weighted by molar-refractivity contribution is 0.584. The van der Waals surface area contributed by atoms with Crippen LogP contribution < -0.4 is 5.73 Å². The highest BCUT2D eigenvalue weighted by Gasteiger charge is 2.19. The van der Waals surface area contributed by atoms with Crippen molar-refractivity contribution < 1.29 is 0 Å². The summed E-state index contributed by atoms with van der Waals surface area (Å²) in [7, 11) is -1.01. The van der Waals surface area contributed by atoms with Crippen molar-refractivity contribution >= 4 is 19.7 Å². The summed E-state index contributed by atoms with van der Waals surface area (Å²) in [5.41, 5.74) is 7.20. The van der Waals surface area contributed by atoms with Crippen LogP contribution in [-0.2, 0) is 6.42 Å². The third-order valence-corrected chi connectivity index (χ3v) is 4.73. The van der Waals surface area contributed by atoms with E-state index in [4.69, 9.17) is 17.3 Å². The first-order valence-corrected chi connectivity index (χ1v) is 9.94. The van der Waals surface area contributed by atoms with Gasteiger partial charge in [-0.1, -0.05) is 49.4 Å². The molecular weight excluding hydrogens is 234 g/mol. The molecule has 0 radical (unpaired) electrons. The fourth-order valence-corrected chi connectivity index (χ4v) is 4.23. The Bertz CT molecular complexity index is 316. The lowest BCUT2D eigenvalue weighted by atomic mass is 10.0. The van der Waals surface area contributed by atoms with E-state index in [9.17, 15) is 0 Å². The minimum Gasteiger partial charge on any atom is -0.330 e. The summed E-state index contributed by atoms with van der Waals surface area (Å²) < 4.78 is 0. The predicted molar refractivity (Wildman–Crippen MR) is 75.9 cm³/mol. The molecule has 1 aromatic carbocycles. The van der Waals surface area contributed by atoms with Gasteiger partial charge in [-0.3, -0.25) is 0 Å². The second kappa shape index (κ2) is 5.85. The molecule has 0 spiro atoms. The molecule has 0 heterocycles. The minimum atomic E-state index is -1.01. The molecule has 1 nitrogen and oxygen atoms in total. The van der Waals surface area contributed by atoms with E-state index in [2.05, 4.69) is 31.8 Å². The Morgan fingerprint density at radius 1 is 1.19 bits per heavy atom. The lowest BCUT2D eigenvalue weighted by Crippen LogP contribution is -2.29. The number of hydrogen-bond acceptors (Lipinski definition) is 1. The normalized spacial score (nSPS) is 13.8. The van der Waals surface area contributed by atoms with Crippen molar-refractivity contribution in [2.24, 2.45) is 11.7 Å². The molecule has 0 saturated heterocycles. The van der Waals surface area contributed by atoms with Gasteiger partial charge in [-0.15, -0.1) is 0 Å². The van der Waals surface area contributed by atoms with Crippen LogP contribution in [0.4, 0.5) is 0 Å². The average Bonchev–Trinajstić information content (AvgIpc) is 2.18. The molecule has 0 aliphatic carbocycles. The molecule has 3 heteroatoms. The summed E-state index contributed by atoms with van der Waals surface area (Å²) in [5.74, 6) is 0.618. The van der Waals surface area contributed by atoms with Crippen LogP contribution in [0, 0.1) is 5.92 Å². The van der Waals surface area contributed by atoms with E-state index in [1.165, 1.54) is 11.6 Å². The molecule has 16 heavy (non-hydrogen) atoms. The molecule has 2 N–H and O–H groups in total. The zero-order chi connectivity index (χ0) is 12.2. The zero-order valence-electron chi connectivity index (χ0n) is 10.5. The number of benzene rings is 1. The molecule has 0 bridgehead atoms. The summed E-state index contributed by atoms with van der Waals surface area (Å²) in [5, 5.41) is 0.804. The maximum atomic E-state index is 5.87. The maximum Gasteiger partial charge on any atom is 0.0446 e. The second-order valence-corrected chi connectivity index (χ2v) is 11.7. The molecule has 1 unspecified atom stereocenters. The van der Waals surface area contributed by atoms with Crippen LogP contribution in [0.15, 0.2) is 24.3 Å². The molecular formula is C13H22ClNSi. The van der Waals surface area contributed by atoms with Crippen molar-refractivity contribution in [1.82, 2.24) is 0 Å². The Kier molecular flexibility index (Phi) is 5.03. The van der Waals surface area contributed by atoms with E-state index in [0.29, 0.717) is 5.92 Å². The first-order valence-electron chi connectivity index (χ1n) is 5.85. The smallest absolute Gasteiger partial charge is 0.0446 e. The van der Waals surface area contributed by atoms with Gasteiger partial charge in [-0.2, -0.15) is 0 Å². The van der Waals surface area contributed by atoms with Gasteiger partial charge in [0, 0.05) is 13.1 Å². The number of nitrogens with two attached hydrogens (primary N) is 1. The van der Waals surface area contributed by atoms with E-state index in [0.717, 1.165) is 18.0 Å². The second-order valence-electron chi connectivity index (χ2n) is 5.70. The first-order chi connectivity index (χ1) is 7.40. The molecule has 90 valence electrons. The highest BCUT2D eigenvalue weighted by Crippen LogP contribution is 2.21. The quantitative estimate of drug-likeness (QED) is 0.796. The fourth-order valence-electron chi connectivity index (χ4n) is 2.06. The topological polar surface area (TPSA) is 26.0 Å². The number of hydrogen-bond donors (Lipinski definition) is 1. The molecule has 0 amide bonds. The summed E-state index contributed by atoms with van der Waals surface area (Å²) in [4.78, 5) is 0. The summed E-state index contributed by atoms with van der Waals surface area (Å²) >= 11 is 5.87. The third kappa shape index (κ3) is 5.15. The molecule has 0 aliphatic rings. The monoisotopic (exact) mass is 255 g/mol. The van der Waals surface area contributed by atoms with Crippen molar-refractivity contribution in [3.63, 3.8) is 0 Å². The molecule has 1 aromatic rings. The zero-order valence-corrected chi connectivity index (χ0v) is 12.2. The van der Waals surface area contributed by atoms with Crippen LogP contribution in [0.1, 0.15) is 5.56 Å². The van der Waals surface area contributed by atoms with Gasteiger partial charge in [0.2, 0.25) is 0 Å². The molecule has 0 fully saturated rings. The summed E-state index contributed by atoms with van der Waals surface area (Å²) in [6.45, 7) is 7.99. The van der Waals surface area contributed by atoms with Gasteiger partial charge in [0.15, 0.2) is 0 Å². The highest BCUT2D eigenvalue weighted by atomic mass is 35.5. The maximum absolute atomic E-state index is 5.87. The molecule has 1 atom stereocenters. The van der Waals surface area contributed by atoms with Crippen LogP contribution >= 0.6 is 11.6 Å². The van der Waals surface area contributed by atoms with E-state index >= 15 is 0 Å². The van der Waals surface area contributed by atoms with Crippen molar-refractivity contribution in [2.75, 3.05) is 6.54 Å². The molecule has 0 aromatic heterocycles. The highest BCUT2D eigenvalue weighted by molar-refractivity contribution is 6.76. The van der Waals surface area contributed by atoms with Crippen LogP contribution in [0.2, 0.25) is 30.7 Å². The Morgan fingerprint density at radius 3 is 2.19 bits per heavy atom.